The van der Waals surface area contributed by atoms with E-state index < -0.39 is 0 Å². The lowest BCUT2D eigenvalue weighted by atomic mass is 10.1. The molecule has 0 atom stereocenters. The van der Waals surface area contributed by atoms with Gasteiger partial charge in [-0.15, -0.1) is 0 Å². The third-order valence-corrected chi connectivity index (χ3v) is 4.78. The Kier molecular flexibility index (Phi) is 5.13. The fourth-order valence-corrected chi connectivity index (χ4v) is 3.24. The molecule has 132 valence electrons. The number of aromatic nitrogens is 3. The van der Waals surface area contributed by atoms with Crippen LogP contribution in [0.15, 0.2) is 33.9 Å². The summed E-state index contributed by atoms with van der Waals surface area (Å²) in [5.41, 5.74) is 3.85. The highest BCUT2D eigenvalue weighted by atomic mass is 32.2. The van der Waals surface area contributed by atoms with Gasteiger partial charge in [-0.2, -0.15) is 0 Å². The SMILES string of the molecule is Cc1ccc2nc(SCC(=O)N(C)Cc3cc(C(C)C)on3)[nH]c2c1. The first-order valence-electron chi connectivity index (χ1n) is 8.21. The summed E-state index contributed by atoms with van der Waals surface area (Å²) in [6, 6.07) is 7.97. The van der Waals surface area contributed by atoms with E-state index in [2.05, 4.69) is 21.2 Å². The van der Waals surface area contributed by atoms with Crippen LogP contribution in [0.1, 0.15) is 36.8 Å². The van der Waals surface area contributed by atoms with Crippen molar-refractivity contribution in [1.29, 1.82) is 0 Å². The molecule has 1 N–H and O–H groups in total. The fraction of sp³-hybridized carbons (Fsp3) is 0.389. The monoisotopic (exact) mass is 358 g/mol. The molecular formula is C18H22N4O2S. The van der Waals surface area contributed by atoms with E-state index in [0.29, 0.717) is 12.3 Å². The molecule has 3 aromatic rings. The van der Waals surface area contributed by atoms with Gasteiger partial charge in [0, 0.05) is 19.0 Å². The molecular weight excluding hydrogens is 336 g/mol. The van der Waals surface area contributed by atoms with Crippen LogP contribution in [-0.4, -0.2) is 38.7 Å². The molecule has 0 aliphatic rings. The summed E-state index contributed by atoms with van der Waals surface area (Å²) in [6.45, 7) is 6.57. The number of nitrogens with one attached hydrogen (secondary N) is 1. The van der Waals surface area contributed by atoms with Crippen LogP contribution in [0.3, 0.4) is 0 Å². The first-order valence-corrected chi connectivity index (χ1v) is 9.19. The molecule has 0 bridgehead atoms. The number of H-pyrrole nitrogens is 1. The summed E-state index contributed by atoms with van der Waals surface area (Å²) in [5.74, 6) is 1.47. The van der Waals surface area contributed by atoms with Crippen molar-refractivity contribution in [2.75, 3.05) is 12.8 Å². The van der Waals surface area contributed by atoms with Crippen molar-refractivity contribution < 1.29 is 9.32 Å². The second-order valence-electron chi connectivity index (χ2n) is 6.48. The Hall–Kier alpha value is -2.28. The van der Waals surface area contributed by atoms with Gasteiger partial charge in [0.2, 0.25) is 5.91 Å². The Morgan fingerprint density at radius 3 is 2.88 bits per heavy atom. The van der Waals surface area contributed by atoms with E-state index >= 15 is 0 Å². The summed E-state index contributed by atoms with van der Waals surface area (Å²) >= 11 is 1.41. The van der Waals surface area contributed by atoms with E-state index in [4.69, 9.17) is 4.52 Å². The minimum Gasteiger partial charge on any atom is -0.361 e. The van der Waals surface area contributed by atoms with Gasteiger partial charge in [0.05, 0.1) is 23.3 Å². The highest BCUT2D eigenvalue weighted by Gasteiger charge is 2.15. The van der Waals surface area contributed by atoms with Gasteiger partial charge in [0.15, 0.2) is 5.16 Å². The van der Waals surface area contributed by atoms with Gasteiger partial charge in [0.25, 0.3) is 0 Å². The molecule has 1 aromatic carbocycles. The molecule has 6 nitrogen and oxygen atoms in total. The number of aryl methyl sites for hydroxylation is 1. The maximum Gasteiger partial charge on any atom is 0.233 e. The number of rotatable bonds is 6. The topological polar surface area (TPSA) is 75.0 Å². The van der Waals surface area contributed by atoms with Gasteiger partial charge in [-0.05, 0) is 24.6 Å². The van der Waals surface area contributed by atoms with E-state index in [1.165, 1.54) is 17.3 Å². The normalized spacial score (nSPS) is 11.4. The lowest BCUT2D eigenvalue weighted by Crippen LogP contribution is -2.27. The third kappa shape index (κ3) is 4.22. The third-order valence-electron chi connectivity index (χ3n) is 3.92. The maximum atomic E-state index is 12.3. The van der Waals surface area contributed by atoms with Crippen LogP contribution in [0.4, 0.5) is 0 Å². The summed E-state index contributed by atoms with van der Waals surface area (Å²) in [7, 11) is 1.77. The number of amides is 1. The molecule has 25 heavy (non-hydrogen) atoms. The number of carbonyl (C=O) groups is 1. The molecule has 0 saturated carbocycles. The van der Waals surface area contributed by atoms with Gasteiger partial charge in [0.1, 0.15) is 11.5 Å². The predicted molar refractivity (Wildman–Crippen MR) is 98.6 cm³/mol. The van der Waals surface area contributed by atoms with Gasteiger partial charge in [-0.25, -0.2) is 4.98 Å². The number of hydrogen-bond donors (Lipinski definition) is 1. The first-order chi connectivity index (χ1) is 11.9. The number of thioether (sulfide) groups is 1. The molecule has 7 heteroatoms. The molecule has 2 aromatic heterocycles. The van der Waals surface area contributed by atoms with Crippen LogP contribution in [-0.2, 0) is 11.3 Å². The van der Waals surface area contributed by atoms with E-state index in [1.807, 2.05) is 39.0 Å². The molecule has 3 rings (SSSR count). The van der Waals surface area contributed by atoms with E-state index in [1.54, 1.807) is 11.9 Å². The van der Waals surface area contributed by atoms with Gasteiger partial charge < -0.3 is 14.4 Å². The average Bonchev–Trinajstić information content (AvgIpc) is 3.18. The lowest BCUT2D eigenvalue weighted by molar-refractivity contribution is -0.127. The number of aromatic amines is 1. The first kappa shape index (κ1) is 17.5. The van der Waals surface area contributed by atoms with Crippen LogP contribution in [0.25, 0.3) is 11.0 Å². The van der Waals surface area contributed by atoms with Crippen molar-refractivity contribution in [3.05, 3.63) is 41.3 Å². The largest absolute Gasteiger partial charge is 0.361 e. The van der Waals surface area contributed by atoms with Gasteiger partial charge in [-0.1, -0.05) is 36.8 Å². The van der Waals surface area contributed by atoms with Crippen molar-refractivity contribution in [2.45, 2.75) is 38.4 Å². The van der Waals surface area contributed by atoms with Crippen molar-refractivity contribution >= 4 is 28.7 Å². The zero-order valence-corrected chi connectivity index (χ0v) is 15.7. The molecule has 0 aliphatic carbocycles. The van der Waals surface area contributed by atoms with Crippen molar-refractivity contribution in [3.8, 4) is 0 Å². The van der Waals surface area contributed by atoms with Crippen LogP contribution in [0, 0.1) is 6.92 Å². The predicted octanol–water partition coefficient (Wildman–Crippen LogP) is 3.73. The van der Waals surface area contributed by atoms with Gasteiger partial charge >= 0.3 is 0 Å². The highest BCUT2D eigenvalue weighted by Crippen LogP contribution is 2.21. The average molecular weight is 358 g/mol. The van der Waals surface area contributed by atoms with E-state index in [-0.39, 0.29) is 11.8 Å². The molecule has 0 unspecified atom stereocenters. The second-order valence-corrected chi connectivity index (χ2v) is 7.44. The Balaban J connectivity index is 1.56. The van der Waals surface area contributed by atoms with Crippen molar-refractivity contribution in [1.82, 2.24) is 20.0 Å². The van der Waals surface area contributed by atoms with E-state index in [0.717, 1.165) is 27.6 Å². The summed E-state index contributed by atoms with van der Waals surface area (Å²) in [4.78, 5) is 21.7. The minimum atomic E-state index is 0.0238. The zero-order valence-electron chi connectivity index (χ0n) is 14.9. The molecule has 0 radical (unpaired) electrons. The zero-order chi connectivity index (χ0) is 18.0. The standard InChI is InChI=1S/C18H22N4O2S/c1-11(2)16-8-13(21-24-16)9-22(4)17(23)10-25-18-19-14-6-5-12(3)7-15(14)20-18/h5-8,11H,9-10H2,1-4H3,(H,19,20). The molecule has 1 amide bonds. The number of fused-ring (bicyclic) bond motifs is 1. The fourth-order valence-electron chi connectivity index (χ4n) is 2.41. The van der Waals surface area contributed by atoms with Crippen molar-refractivity contribution in [3.63, 3.8) is 0 Å². The number of carbonyl (C=O) groups excluding carboxylic acids is 1. The summed E-state index contributed by atoms with van der Waals surface area (Å²) in [5, 5.41) is 4.78. The molecule has 0 spiro atoms. The quantitative estimate of drug-likeness (QED) is 0.680. The molecule has 2 heterocycles. The molecule has 0 saturated heterocycles. The highest BCUT2D eigenvalue weighted by molar-refractivity contribution is 7.99. The number of nitrogens with zero attached hydrogens (tertiary/aromatic N) is 3. The minimum absolute atomic E-state index is 0.0238. The molecule has 0 fully saturated rings. The number of imidazole rings is 1. The lowest BCUT2D eigenvalue weighted by Gasteiger charge is -2.14. The van der Waals surface area contributed by atoms with Crippen LogP contribution in [0.5, 0.6) is 0 Å². The number of benzene rings is 1. The molecule has 0 aliphatic heterocycles. The Bertz CT molecular complexity index is 884. The van der Waals surface area contributed by atoms with Crippen LogP contribution < -0.4 is 0 Å². The van der Waals surface area contributed by atoms with Crippen molar-refractivity contribution in [2.24, 2.45) is 0 Å². The van der Waals surface area contributed by atoms with Crippen LogP contribution in [0.2, 0.25) is 0 Å². The summed E-state index contributed by atoms with van der Waals surface area (Å²) < 4.78 is 5.27. The van der Waals surface area contributed by atoms with Crippen LogP contribution >= 0.6 is 11.8 Å². The van der Waals surface area contributed by atoms with Gasteiger partial charge in [-0.3, -0.25) is 4.79 Å². The maximum absolute atomic E-state index is 12.3. The smallest absolute Gasteiger partial charge is 0.233 e. The second kappa shape index (κ2) is 7.31. The Labute approximate surface area is 151 Å². The van der Waals surface area contributed by atoms with E-state index in [9.17, 15) is 4.79 Å². The summed E-state index contributed by atoms with van der Waals surface area (Å²) in [6.07, 6.45) is 0. The number of hydrogen-bond acceptors (Lipinski definition) is 5. The Morgan fingerprint density at radius 1 is 1.36 bits per heavy atom. The Morgan fingerprint density at radius 2 is 2.16 bits per heavy atom.